The number of Topliss-reactive ketones (excluding diaryl/α,β-unsaturated/α-hetero) is 1. The highest BCUT2D eigenvalue weighted by molar-refractivity contribution is 5.83. The maximum Gasteiger partial charge on any atom is 0.138 e. The summed E-state index contributed by atoms with van der Waals surface area (Å²) in [5, 5.41) is 0. The average molecular weight is 128 g/mol. The summed E-state index contributed by atoms with van der Waals surface area (Å²) in [6.45, 7) is 7.96. The third-order valence-corrected chi connectivity index (χ3v) is 1.96. The molecular weight excluding hydrogens is 112 g/mol. The first kappa shape index (κ1) is 8.67. The van der Waals surface area contributed by atoms with Crippen LogP contribution in [0.15, 0.2) is 0 Å². The Morgan fingerprint density at radius 1 is 1.33 bits per heavy atom. The van der Waals surface area contributed by atoms with Crippen LogP contribution in [0.1, 0.15) is 40.5 Å². The Morgan fingerprint density at radius 3 is 1.89 bits per heavy atom. The molecule has 0 aromatic rings. The van der Waals surface area contributed by atoms with E-state index in [1.165, 1.54) is 0 Å². The fraction of sp³-hybridized carbons (Fsp3) is 0.875. The second-order valence-corrected chi connectivity index (χ2v) is 3.01. The van der Waals surface area contributed by atoms with E-state index in [4.69, 9.17) is 0 Å². The van der Waals surface area contributed by atoms with Gasteiger partial charge in [-0.25, -0.2) is 0 Å². The molecule has 0 aliphatic rings. The van der Waals surface area contributed by atoms with Crippen molar-refractivity contribution in [2.45, 2.75) is 40.5 Å². The van der Waals surface area contributed by atoms with Crippen molar-refractivity contribution in [2.75, 3.05) is 0 Å². The summed E-state index contributed by atoms with van der Waals surface area (Å²) in [4.78, 5) is 11.1. The Bertz CT molecular complexity index is 103. The van der Waals surface area contributed by atoms with Crippen LogP contribution >= 0.6 is 0 Å². The molecule has 0 rings (SSSR count). The van der Waals surface area contributed by atoms with E-state index in [1.807, 2.05) is 27.7 Å². The quantitative estimate of drug-likeness (QED) is 0.570. The fourth-order valence-electron chi connectivity index (χ4n) is 0.676. The van der Waals surface area contributed by atoms with Gasteiger partial charge in [0.05, 0.1) is 0 Å². The van der Waals surface area contributed by atoms with Crippen molar-refractivity contribution in [2.24, 2.45) is 5.41 Å². The van der Waals surface area contributed by atoms with Gasteiger partial charge in [0.15, 0.2) is 0 Å². The van der Waals surface area contributed by atoms with Gasteiger partial charge in [0.25, 0.3) is 0 Å². The van der Waals surface area contributed by atoms with Gasteiger partial charge in [-0.15, -0.1) is 0 Å². The second-order valence-electron chi connectivity index (χ2n) is 3.01. The molecule has 9 heavy (non-hydrogen) atoms. The Morgan fingerprint density at radius 2 is 1.78 bits per heavy atom. The first-order valence-electron chi connectivity index (χ1n) is 3.58. The molecule has 54 valence electrons. The van der Waals surface area contributed by atoms with E-state index >= 15 is 0 Å². The molecule has 0 fully saturated rings. The third-order valence-electron chi connectivity index (χ3n) is 1.96. The van der Waals surface area contributed by atoms with E-state index in [0.717, 1.165) is 6.42 Å². The summed E-state index contributed by atoms with van der Waals surface area (Å²) in [5.74, 6) is 0.366. The summed E-state index contributed by atoms with van der Waals surface area (Å²) >= 11 is 0. The maximum absolute atomic E-state index is 11.1. The van der Waals surface area contributed by atoms with Gasteiger partial charge in [0.2, 0.25) is 0 Å². The molecule has 0 saturated carbocycles. The van der Waals surface area contributed by atoms with Gasteiger partial charge >= 0.3 is 0 Å². The summed E-state index contributed by atoms with van der Waals surface area (Å²) < 4.78 is 0. The highest BCUT2D eigenvalue weighted by Gasteiger charge is 2.22. The van der Waals surface area contributed by atoms with Crippen molar-refractivity contribution in [3.8, 4) is 0 Å². The lowest BCUT2D eigenvalue weighted by Crippen LogP contribution is -2.21. The Labute approximate surface area is 57.5 Å². The SMILES string of the molecule is CCC(=O)C(C)(C)CC. The lowest BCUT2D eigenvalue weighted by atomic mass is 9.84. The van der Waals surface area contributed by atoms with Gasteiger partial charge < -0.3 is 0 Å². The first-order valence-corrected chi connectivity index (χ1v) is 3.58. The van der Waals surface area contributed by atoms with Crippen LogP contribution in [0.2, 0.25) is 0 Å². The van der Waals surface area contributed by atoms with Crippen molar-refractivity contribution in [3.63, 3.8) is 0 Å². The molecule has 0 radical (unpaired) electrons. The number of hydrogen-bond acceptors (Lipinski definition) is 1. The van der Waals surface area contributed by atoms with E-state index in [0.29, 0.717) is 12.2 Å². The van der Waals surface area contributed by atoms with Crippen LogP contribution in [0.4, 0.5) is 0 Å². The van der Waals surface area contributed by atoms with E-state index in [1.54, 1.807) is 0 Å². The van der Waals surface area contributed by atoms with Gasteiger partial charge in [-0.2, -0.15) is 0 Å². The van der Waals surface area contributed by atoms with Crippen molar-refractivity contribution in [1.82, 2.24) is 0 Å². The van der Waals surface area contributed by atoms with Crippen LogP contribution < -0.4 is 0 Å². The predicted molar refractivity (Wildman–Crippen MR) is 39.4 cm³/mol. The number of carbonyl (C=O) groups is 1. The topological polar surface area (TPSA) is 17.1 Å². The van der Waals surface area contributed by atoms with Crippen molar-refractivity contribution < 1.29 is 4.79 Å². The lowest BCUT2D eigenvalue weighted by molar-refractivity contribution is -0.126. The highest BCUT2D eigenvalue weighted by Crippen LogP contribution is 2.21. The summed E-state index contributed by atoms with van der Waals surface area (Å²) in [6.07, 6.45) is 1.61. The maximum atomic E-state index is 11.1. The Hall–Kier alpha value is -0.330. The highest BCUT2D eigenvalue weighted by atomic mass is 16.1. The second kappa shape index (κ2) is 3.00. The third kappa shape index (κ3) is 2.17. The van der Waals surface area contributed by atoms with Crippen molar-refractivity contribution in [3.05, 3.63) is 0 Å². The minimum Gasteiger partial charge on any atom is -0.299 e. The zero-order chi connectivity index (χ0) is 7.49. The minimum absolute atomic E-state index is 0.0885. The number of ketones is 1. The molecule has 1 heteroatoms. The standard InChI is InChI=1S/C8H16O/c1-5-7(9)8(3,4)6-2/h5-6H2,1-4H3. The van der Waals surface area contributed by atoms with Gasteiger partial charge in [-0.05, 0) is 6.42 Å². The molecule has 1 nitrogen and oxygen atoms in total. The lowest BCUT2D eigenvalue weighted by Gasteiger charge is -2.19. The van der Waals surface area contributed by atoms with Crippen molar-refractivity contribution >= 4 is 5.78 Å². The van der Waals surface area contributed by atoms with Gasteiger partial charge in [0, 0.05) is 11.8 Å². The summed E-state index contributed by atoms with van der Waals surface area (Å²) in [6, 6.07) is 0. The van der Waals surface area contributed by atoms with Crippen molar-refractivity contribution in [1.29, 1.82) is 0 Å². The minimum atomic E-state index is -0.0885. The normalized spacial score (nSPS) is 11.6. The number of hydrogen-bond donors (Lipinski definition) is 0. The molecular formula is C8H16O. The van der Waals surface area contributed by atoms with E-state index in [-0.39, 0.29) is 5.41 Å². The van der Waals surface area contributed by atoms with Crippen LogP contribution in [-0.2, 0) is 4.79 Å². The zero-order valence-corrected chi connectivity index (χ0v) is 6.82. The molecule has 0 N–H and O–H groups in total. The zero-order valence-electron chi connectivity index (χ0n) is 6.82. The molecule has 0 amide bonds. The van der Waals surface area contributed by atoms with E-state index < -0.39 is 0 Å². The number of rotatable bonds is 3. The fourth-order valence-corrected chi connectivity index (χ4v) is 0.676. The molecule has 0 heterocycles. The van der Waals surface area contributed by atoms with E-state index in [2.05, 4.69) is 0 Å². The van der Waals surface area contributed by atoms with E-state index in [9.17, 15) is 4.79 Å². The predicted octanol–water partition coefficient (Wildman–Crippen LogP) is 2.40. The largest absolute Gasteiger partial charge is 0.299 e. The molecule has 0 aliphatic heterocycles. The van der Waals surface area contributed by atoms with Gasteiger partial charge in [-0.1, -0.05) is 27.7 Å². The molecule has 0 aromatic heterocycles. The molecule has 0 aliphatic carbocycles. The Kier molecular flexibility index (Phi) is 2.89. The summed E-state index contributed by atoms with van der Waals surface area (Å²) in [5.41, 5.74) is -0.0885. The van der Waals surface area contributed by atoms with Crippen LogP contribution in [-0.4, -0.2) is 5.78 Å². The smallest absolute Gasteiger partial charge is 0.138 e. The van der Waals surface area contributed by atoms with Crippen LogP contribution in [0.3, 0.4) is 0 Å². The van der Waals surface area contributed by atoms with Gasteiger partial charge in [-0.3, -0.25) is 4.79 Å². The Balaban J connectivity index is 3.97. The van der Waals surface area contributed by atoms with Gasteiger partial charge in [0.1, 0.15) is 5.78 Å². The molecule has 0 atom stereocenters. The molecule has 0 saturated heterocycles. The molecule has 0 spiro atoms. The first-order chi connectivity index (χ1) is 4.04. The average Bonchev–Trinajstić information content (AvgIpc) is 1.86. The van der Waals surface area contributed by atoms with Crippen LogP contribution in [0.25, 0.3) is 0 Å². The summed E-state index contributed by atoms with van der Waals surface area (Å²) in [7, 11) is 0. The molecule has 0 aromatic carbocycles. The monoisotopic (exact) mass is 128 g/mol. The molecule has 0 bridgehead atoms. The van der Waals surface area contributed by atoms with Crippen LogP contribution in [0, 0.1) is 5.41 Å². The molecule has 0 unspecified atom stereocenters. The number of carbonyl (C=O) groups excluding carboxylic acids is 1. The van der Waals surface area contributed by atoms with Crippen LogP contribution in [0.5, 0.6) is 0 Å².